The molecule has 0 unspecified atom stereocenters. The molecular formula is C16H10ClNO3. The Morgan fingerprint density at radius 2 is 1.86 bits per heavy atom. The summed E-state index contributed by atoms with van der Waals surface area (Å²) in [4.78, 5) is 14.7. The van der Waals surface area contributed by atoms with E-state index in [1.165, 1.54) is 6.26 Å². The lowest BCUT2D eigenvalue weighted by atomic mass is 10.0. The molecule has 0 saturated heterocycles. The largest absolute Gasteiger partial charge is 0.474 e. The van der Waals surface area contributed by atoms with Crippen molar-refractivity contribution in [2.24, 2.45) is 0 Å². The number of carbonyl (C=O) groups is 1. The van der Waals surface area contributed by atoms with E-state index < -0.39 is 5.97 Å². The topological polar surface area (TPSA) is 63.3 Å². The van der Waals surface area contributed by atoms with Crippen LogP contribution in [-0.4, -0.2) is 16.1 Å². The van der Waals surface area contributed by atoms with Crippen LogP contribution in [0, 0.1) is 0 Å². The van der Waals surface area contributed by atoms with Gasteiger partial charge in [0.05, 0.1) is 0 Å². The van der Waals surface area contributed by atoms with Gasteiger partial charge in [0, 0.05) is 16.1 Å². The molecule has 0 fully saturated rings. The lowest BCUT2D eigenvalue weighted by Gasteiger charge is -2.05. The molecule has 1 N–H and O–H groups in total. The van der Waals surface area contributed by atoms with Crippen molar-refractivity contribution in [3.63, 3.8) is 0 Å². The van der Waals surface area contributed by atoms with Crippen molar-refractivity contribution < 1.29 is 14.3 Å². The Morgan fingerprint density at radius 3 is 2.57 bits per heavy atom. The van der Waals surface area contributed by atoms with Crippen LogP contribution in [0.25, 0.3) is 22.4 Å². The van der Waals surface area contributed by atoms with Gasteiger partial charge in [0.1, 0.15) is 12.0 Å². The molecule has 0 radical (unpaired) electrons. The van der Waals surface area contributed by atoms with Crippen molar-refractivity contribution in [2.75, 3.05) is 0 Å². The highest BCUT2D eigenvalue weighted by atomic mass is 35.5. The first-order valence-corrected chi connectivity index (χ1v) is 6.57. The van der Waals surface area contributed by atoms with E-state index in [9.17, 15) is 4.79 Å². The molecule has 2 aromatic carbocycles. The fourth-order valence-corrected chi connectivity index (χ4v) is 2.29. The van der Waals surface area contributed by atoms with Gasteiger partial charge in [-0.15, -0.1) is 0 Å². The number of nitrogens with zero attached hydrogens (tertiary/aromatic N) is 1. The van der Waals surface area contributed by atoms with Crippen LogP contribution in [0.5, 0.6) is 0 Å². The number of carboxylic acid groups (broad SMARTS) is 1. The van der Waals surface area contributed by atoms with Gasteiger partial charge in [-0.05, 0) is 17.7 Å². The second-order valence-electron chi connectivity index (χ2n) is 4.40. The Hall–Kier alpha value is -2.59. The number of halogens is 1. The van der Waals surface area contributed by atoms with Crippen molar-refractivity contribution in [2.45, 2.75) is 0 Å². The predicted molar refractivity (Wildman–Crippen MR) is 79.3 cm³/mol. The van der Waals surface area contributed by atoms with Gasteiger partial charge in [-0.2, -0.15) is 0 Å². The molecule has 104 valence electrons. The minimum atomic E-state index is -1.19. The summed E-state index contributed by atoms with van der Waals surface area (Å²) in [6.45, 7) is 0. The normalized spacial score (nSPS) is 10.5. The Morgan fingerprint density at radius 1 is 1.10 bits per heavy atom. The highest BCUT2D eigenvalue weighted by Crippen LogP contribution is 2.30. The first kappa shape index (κ1) is 13.4. The van der Waals surface area contributed by atoms with Crippen molar-refractivity contribution in [3.8, 4) is 22.4 Å². The Kier molecular flexibility index (Phi) is 3.46. The second kappa shape index (κ2) is 5.42. The summed E-state index contributed by atoms with van der Waals surface area (Å²) >= 11 is 6.19. The molecule has 0 spiro atoms. The molecular weight excluding hydrogens is 290 g/mol. The molecule has 0 aliphatic carbocycles. The van der Waals surface area contributed by atoms with Crippen LogP contribution >= 0.6 is 11.6 Å². The van der Waals surface area contributed by atoms with E-state index in [1.54, 1.807) is 0 Å². The van der Waals surface area contributed by atoms with E-state index in [-0.39, 0.29) is 5.89 Å². The Balaban J connectivity index is 2.04. The summed E-state index contributed by atoms with van der Waals surface area (Å²) < 4.78 is 4.91. The molecule has 0 aliphatic heterocycles. The third kappa shape index (κ3) is 2.66. The number of aromatic nitrogens is 1. The van der Waals surface area contributed by atoms with Crippen molar-refractivity contribution >= 4 is 17.6 Å². The van der Waals surface area contributed by atoms with E-state index >= 15 is 0 Å². The molecule has 5 heteroatoms. The van der Waals surface area contributed by atoms with Gasteiger partial charge < -0.3 is 9.52 Å². The molecule has 0 atom stereocenters. The number of hydrogen-bond acceptors (Lipinski definition) is 3. The average molecular weight is 300 g/mol. The SMILES string of the molecule is O=C(O)c1nc(-c2cccc(-c3ccccc3Cl)c2)co1. The summed E-state index contributed by atoms with van der Waals surface area (Å²) in [7, 11) is 0. The molecule has 4 nitrogen and oxygen atoms in total. The first-order chi connectivity index (χ1) is 10.1. The Labute approximate surface area is 125 Å². The lowest BCUT2D eigenvalue weighted by molar-refractivity contribution is 0.0653. The fourth-order valence-electron chi connectivity index (χ4n) is 2.05. The number of aromatic carboxylic acids is 1. The highest BCUT2D eigenvalue weighted by molar-refractivity contribution is 6.33. The maximum Gasteiger partial charge on any atom is 0.392 e. The number of hydrogen-bond donors (Lipinski definition) is 1. The monoisotopic (exact) mass is 299 g/mol. The van der Waals surface area contributed by atoms with Gasteiger partial charge in [-0.3, -0.25) is 0 Å². The summed E-state index contributed by atoms with van der Waals surface area (Å²) in [6.07, 6.45) is 1.33. The minimum absolute atomic E-state index is 0.326. The van der Waals surface area contributed by atoms with Crippen LogP contribution < -0.4 is 0 Å². The smallest absolute Gasteiger partial charge is 0.392 e. The number of oxazole rings is 1. The molecule has 0 saturated carbocycles. The average Bonchev–Trinajstić information content (AvgIpc) is 2.98. The van der Waals surface area contributed by atoms with Gasteiger partial charge in [-0.25, -0.2) is 9.78 Å². The van der Waals surface area contributed by atoms with Gasteiger partial charge in [-0.1, -0.05) is 48.0 Å². The minimum Gasteiger partial charge on any atom is -0.474 e. The molecule has 21 heavy (non-hydrogen) atoms. The highest BCUT2D eigenvalue weighted by Gasteiger charge is 2.13. The van der Waals surface area contributed by atoms with Gasteiger partial charge in [0.2, 0.25) is 0 Å². The van der Waals surface area contributed by atoms with E-state index in [2.05, 4.69) is 4.98 Å². The predicted octanol–water partition coefficient (Wildman–Crippen LogP) is 4.36. The zero-order valence-electron chi connectivity index (χ0n) is 10.8. The summed E-state index contributed by atoms with van der Waals surface area (Å²) in [5, 5.41) is 9.49. The quantitative estimate of drug-likeness (QED) is 0.780. The van der Waals surface area contributed by atoms with Crippen LogP contribution in [0.2, 0.25) is 5.02 Å². The molecule has 1 aromatic heterocycles. The van der Waals surface area contributed by atoms with E-state index in [1.807, 2.05) is 48.5 Å². The number of rotatable bonds is 3. The first-order valence-electron chi connectivity index (χ1n) is 6.19. The van der Waals surface area contributed by atoms with Crippen LogP contribution in [0.3, 0.4) is 0 Å². The fraction of sp³-hybridized carbons (Fsp3) is 0. The second-order valence-corrected chi connectivity index (χ2v) is 4.81. The van der Waals surface area contributed by atoms with Crippen molar-refractivity contribution in [1.29, 1.82) is 0 Å². The third-order valence-electron chi connectivity index (χ3n) is 3.03. The molecule has 1 heterocycles. The maximum absolute atomic E-state index is 10.8. The lowest BCUT2D eigenvalue weighted by Crippen LogP contribution is -1.95. The Bertz CT molecular complexity index is 811. The molecule has 0 amide bonds. The van der Waals surface area contributed by atoms with Crippen LogP contribution in [-0.2, 0) is 0 Å². The van der Waals surface area contributed by atoms with E-state index in [0.717, 1.165) is 16.7 Å². The third-order valence-corrected chi connectivity index (χ3v) is 3.36. The zero-order valence-corrected chi connectivity index (χ0v) is 11.5. The molecule has 3 rings (SSSR count). The molecule has 0 bridgehead atoms. The standard InChI is InChI=1S/C16H10ClNO3/c17-13-7-2-1-6-12(13)10-4-3-5-11(8-10)14-9-21-15(18-14)16(19)20/h1-9H,(H,19,20). The number of benzene rings is 2. The van der Waals surface area contributed by atoms with Crippen LogP contribution in [0.4, 0.5) is 0 Å². The van der Waals surface area contributed by atoms with Crippen molar-refractivity contribution in [3.05, 3.63) is 65.7 Å². The molecule has 0 aliphatic rings. The summed E-state index contributed by atoms with van der Waals surface area (Å²) in [5.41, 5.74) is 3.07. The van der Waals surface area contributed by atoms with Gasteiger partial charge in [0.15, 0.2) is 0 Å². The van der Waals surface area contributed by atoms with Crippen molar-refractivity contribution in [1.82, 2.24) is 4.98 Å². The van der Waals surface area contributed by atoms with Crippen LogP contribution in [0.15, 0.2) is 59.2 Å². The van der Waals surface area contributed by atoms with Gasteiger partial charge >= 0.3 is 11.9 Å². The number of carboxylic acids is 1. The summed E-state index contributed by atoms with van der Waals surface area (Å²) in [5.74, 6) is -1.52. The maximum atomic E-state index is 10.8. The summed E-state index contributed by atoms with van der Waals surface area (Å²) in [6, 6.07) is 15.1. The zero-order chi connectivity index (χ0) is 14.8. The van der Waals surface area contributed by atoms with E-state index in [0.29, 0.717) is 10.7 Å². The molecule has 3 aromatic rings. The van der Waals surface area contributed by atoms with Gasteiger partial charge in [0.25, 0.3) is 0 Å². The van der Waals surface area contributed by atoms with Crippen LogP contribution in [0.1, 0.15) is 10.7 Å². The van der Waals surface area contributed by atoms with E-state index in [4.69, 9.17) is 21.1 Å².